The van der Waals surface area contributed by atoms with Crippen LogP contribution in [0.5, 0.6) is 0 Å². The Morgan fingerprint density at radius 3 is 2.72 bits per heavy atom. The first kappa shape index (κ1) is 15.3. The second-order valence-corrected chi connectivity index (χ2v) is 6.17. The third-order valence-corrected chi connectivity index (χ3v) is 4.53. The van der Waals surface area contributed by atoms with Crippen LogP contribution in [-0.2, 0) is 16.1 Å². The van der Waals surface area contributed by atoms with Crippen LogP contribution >= 0.6 is 0 Å². The Morgan fingerprint density at radius 2 is 2.04 bits per heavy atom. The maximum Gasteiger partial charge on any atom is 0.313 e. The predicted molar refractivity (Wildman–Crippen MR) is 83.9 cm³/mol. The molecule has 2 amide bonds. The number of hydrogen-bond acceptors (Lipinski definition) is 6. The van der Waals surface area contributed by atoms with Crippen molar-refractivity contribution >= 4 is 11.8 Å². The fraction of sp³-hybridized carbons (Fsp3) is 0.375. The molecule has 1 saturated heterocycles. The summed E-state index contributed by atoms with van der Waals surface area (Å²) in [5.41, 5.74) is -0.192. The Hall–Kier alpha value is -3.28. The molecule has 4 rings (SSSR count). The minimum Gasteiger partial charge on any atom is -0.327 e. The first-order valence-electron chi connectivity index (χ1n) is 7.98. The monoisotopic (exact) mass is 337 g/mol. The number of aromatic nitrogens is 4. The number of nitriles is 1. The molecule has 0 aromatic carbocycles. The van der Waals surface area contributed by atoms with Crippen LogP contribution in [0.3, 0.4) is 0 Å². The van der Waals surface area contributed by atoms with Gasteiger partial charge in [0.2, 0.25) is 0 Å². The fourth-order valence-corrected chi connectivity index (χ4v) is 2.96. The maximum atomic E-state index is 12.4. The molecule has 2 aliphatic rings. The first-order chi connectivity index (χ1) is 12.1. The van der Waals surface area contributed by atoms with Gasteiger partial charge in [0.15, 0.2) is 5.82 Å². The molecular weight excluding hydrogens is 322 g/mol. The van der Waals surface area contributed by atoms with Crippen molar-refractivity contribution in [2.75, 3.05) is 13.1 Å². The summed E-state index contributed by atoms with van der Waals surface area (Å²) in [6.45, 7) is 0.946. The zero-order valence-corrected chi connectivity index (χ0v) is 13.4. The smallest absolute Gasteiger partial charge is 0.313 e. The number of piperazine rings is 1. The summed E-state index contributed by atoms with van der Waals surface area (Å²) in [5, 5.41) is 17.3. The Labute approximate surface area is 143 Å². The van der Waals surface area contributed by atoms with Crippen LogP contribution in [0.4, 0.5) is 0 Å². The van der Waals surface area contributed by atoms with Crippen molar-refractivity contribution in [1.29, 1.82) is 5.26 Å². The number of pyridine rings is 1. The molecule has 0 atom stereocenters. The zero-order chi connectivity index (χ0) is 17.4. The van der Waals surface area contributed by atoms with E-state index < -0.39 is 17.4 Å². The third-order valence-electron chi connectivity index (χ3n) is 4.53. The van der Waals surface area contributed by atoms with Gasteiger partial charge in [-0.05, 0) is 25.0 Å². The molecule has 0 N–H and O–H groups in total. The molecule has 0 radical (unpaired) electrons. The highest BCUT2D eigenvalue weighted by molar-refractivity contribution is 6.35. The van der Waals surface area contributed by atoms with E-state index in [2.05, 4.69) is 21.4 Å². The molecule has 9 heteroatoms. The standard InChI is InChI=1S/C16H15N7O2/c17-11-16(4-5-16)22-8-7-21(14(24)15(22)25)9-12-10-23(20-19-12)13-3-1-2-6-18-13/h1-3,6,10H,4-5,7-9H2. The zero-order valence-electron chi connectivity index (χ0n) is 13.4. The van der Waals surface area contributed by atoms with E-state index >= 15 is 0 Å². The summed E-state index contributed by atoms with van der Waals surface area (Å²) in [6, 6.07) is 7.60. The lowest BCUT2D eigenvalue weighted by Crippen LogP contribution is -2.57. The maximum absolute atomic E-state index is 12.4. The van der Waals surface area contributed by atoms with Crippen molar-refractivity contribution < 1.29 is 9.59 Å². The van der Waals surface area contributed by atoms with Crippen molar-refractivity contribution in [2.45, 2.75) is 24.9 Å². The van der Waals surface area contributed by atoms with Gasteiger partial charge in [-0.1, -0.05) is 11.3 Å². The van der Waals surface area contributed by atoms with Gasteiger partial charge in [0.25, 0.3) is 0 Å². The molecule has 1 aliphatic heterocycles. The van der Waals surface area contributed by atoms with Crippen molar-refractivity contribution in [2.24, 2.45) is 0 Å². The van der Waals surface area contributed by atoms with E-state index in [1.165, 1.54) is 14.5 Å². The number of hydrogen-bond donors (Lipinski definition) is 0. The highest BCUT2D eigenvalue weighted by Gasteiger charge is 2.54. The molecule has 2 fully saturated rings. The second-order valence-electron chi connectivity index (χ2n) is 6.17. The number of carbonyl (C=O) groups excluding carboxylic acids is 2. The molecule has 126 valence electrons. The summed E-state index contributed by atoms with van der Waals surface area (Å²) in [5.74, 6) is -0.583. The largest absolute Gasteiger partial charge is 0.327 e. The van der Waals surface area contributed by atoms with Gasteiger partial charge >= 0.3 is 11.8 Å². The molecule has 3 heterocycles. The van der Waals surface area contributed by atoms with E-state index in [0.717, 1.165) is 0 Å². The van der Waals surface area contributed by atoms with Gasteiger partial charge in [-0.15, -0.1) is 5.10 Å². The second kappa shape index (κ2) is 5.66. The van der Waals surface area contributed by atoms with Crippen LogP contribution in [-0.4, -0.2) is 60.2 Å². The molecule has 1 saturated carbocycles. The van der Waals surface area contributed by atoms with Crippen molar-refractivity contribution in [1.82, 2.24) is 29.8 Å². The molecule has 0 spiro atoms. The van der Waals surface area contributed by atoms with Crippen LogP contribution in [0.25, 0.3) is 5.82 Å². The lowest BCUT2D eigenvalue weighted by atomic mass is 10.2. The number of nitrogens with zero attached hydrogens (tertiary/aromatic N) is 7. The predicted octanol–water partition coefficient (Wildman–Crippen LogP) is -0.111. The van der Waals surface area contributed by atoms with Crippen LogP contribution in [0.1, 0.15) is 18.5 Å². The van der Waals surface area contributed by atoms with E-state index in [4.69, 9.17) is 0 Å². The molecule has 0 unspecified atom stereocenters. The summed E-state index contributed by atoms with van der Waals surface area (Å²) in [6.07, 6.45) is 4.62. The number of amides is 2. The molecule has 25 heavy (non-hydrogen) atoms. The highest BCUT2D eigenvalue weighted by atomic mass is 16.2. The van der Waals surface area contributed by atoms with Crippen LogP contribution in [0, 0.1) is 11.3 Å². The summed E-state index contributed by atoms with van der Waals surface area (Å²) in [7, 11) is 0. The average Bonchev–Trinajstić information content (AvgIpc) is 3.30. The molecular formula is C16H15N7O2. The number of carbonyl (C=O) groups is 2. The Morgan fingerprint density at radius 1 is 1.20 bits per heavy atom. The topological polar surface area (TPSA) is 108 Å². The van der Waals surface area contributed by atoms with E-state index in [1.807, 2.05) is 6.07 Å². The molecule has 2 aromatic heterocycles. The average molecular weight is 337 g/mol. The third kappa shape index (κ3) is 2.61. The van der Waals surface area contributed by atoms with E-state index in [0.29, 0.717) is 37.4 Å². The minimum atomic E-state index is -0.763. The van der Waals surface area contributed by atoms with Gasteiger partial charge in [0.1, 0.15) is 11.2 Å². The van der Waals surface area contributed by atoms with Gasteiger partial charge in [-0.3, -0.25) is 9.59 Å². The Bertz CT molecular complexity index is 866. The highest BCUT2D eigenvalue weighted by Crippen LogP contribution is 2.41. The molecule has 1 aliphatic carbocycles. The van der Waals surface area contributed by atoms with Gasteiger partial charge in [-0.2, -0.15) is 5.26 Å². The van der Waals surface area contributed by atoms with Crippen molar-refractivity contribution in [3.63, 3.8) is 0 Å². The molecule has 2 aromatic rings. The van der Waals surface area contributed by atoms with Gasteiger partial charge in [-0.25, -0.2) is 9.67 Å². The van der Waals surface area contributed by atoms with Crippen LogP contribution in [0.15, 0.2) is 30.6 Å². The summed E-state index contributed by atoms with van der Waals surface area (Å²) >= 11 is 0. The Balaban J connectivity index is 1.46. The quantitative estimate of drug-likeness (QED) is 0.720. The van der Waals surface area contributed by atoms with Gasteiger partial charge in [0.05, 0.1) is 18.8 Å². The lowest BCUT2D eigenvalue weighted by molar-refractivity contribution is -0.158. The fourth-order valence-electron chi connectivity index (χ4n) is 2.96. The van der Waals surface area contributed by atoms with Crippen LogP contribution < -0.4 is 0 Å². The van der Waals surface area contributed by atoms with E-state index in [-0.39, 0.29) is 6.54 Å². The van der Waals surface area contributed by atoms with E-state index in [9.17, 15) is 14.9 Å². The van der Waals surface area contributed by atoms with Crippen molar-refractivity contribution in [3.8, 4) is 11.9 Å². The number of rotatable bonds is 4. The SMILES string of the molecule is N#CC1(N2CCN(Cc3cn(-c4ccccn4)nn3)C(=O)C2=O)CC1. The summed E-state index contributed by atoms with van der Waals surface area (Å²) < 4.78 is 1.52. The van der Waals surface area contributed by atoms with Crippen molar-refractivity contribution in [3.05, 3.63) is 36.3 Å². The van der Waals surface area contributed by atoms with Crippen LogP contribution in [0.2, 0.25) is 0 Å². The van der Waals surface area contributed by atoms with E-state index in [1.54, 1.807) is 24.5 Å². The lowest BCUT2D eigenvalue weighted by Gasteiger charge is -2.35. The summed E-state index contributed by atoms with van der Waals surface area (Å²) in [4.78, 5) is 31.7. The van der Waals surface area contributed by atoms with Gasteiger partial charge < -0.3 is 9.80 Å². The van der Waals surface area contributed by atoms with Gasteiger partial charge in [0, 0.05) is 19.3 Å². The molecule has 0 bridgehead atoms. The first-order valence-corrected chi connectivity index (χ1v) is 7.98. The minimum absolute atomic E-state index is 0.199. The molecule has 9 nitrogen and oxygen atoms in total. The normalized spacial score (nSPS) is 19.0. The Kier molecular flexibility index (Phi) is 3.46.